The number of aromatic nitrogens is 5. The lowest BCUT2D eigenvalue weighted by molar-refractivity contribution is 0.549. The molecule has 8 heteroatoms. The zero-order chi connectivity index (χ0) is 14.0. The van der Waals surface area contributed by atoms with Gasteiger partial charge in [0, 0.05) is 32.5 Å². The number of nitrogens with zero attached hydrogens (tertiary/aromatic N) is 5. The molecule has 102 valence electrons. The smallest absolute Gasteiger partial charge is 0.346 e. The van der Waals surface area contributed by atoms with Gasteiger partial charge in [0.05, 0.1) is 6.54 Å². The fourth-order valence-corrected chi connectivity index (χ4v) is 1.76. The Labute approximate surface area is 109 Å². The molecule has 2 aromatic heterocycles. The second-order valence-corrected chi connectivity index (χ2v) is 4.39. The quantitative estimate of drug-likeness (QED) is 0.779. The van der Waals surface area contributed by atoms with Gasteiger partial charge in [-0.25, -0.2) is 9.48 Å². The van der Waals surface area contributed by atoms with Gasteiger partial charge in [0.1, 0.15) is 0 Å². The number of aryl methyl sites for hydroxylation is 1. The highest BCUT2D eigenvalue weighted by atomic mass is 16.2. The van der Waals surface area contributed by atoms with E-state index in [4.69, 9.17) is 0 Å². The van der Waals surface area contributed by atoms with Crippen LogP contribution in [0, 0.1) is 0 Å². The van der Waals surface area contributed by atoms with Crippen molar-refractivity contribution >= 4 is 5.82 Å². The molecule has 1 unspecified atom stereocenters. The van der Waals surface area contributed by atoms with Crippen molar-refractivity contribution in [1.29, 1.82) is 0 Å². The van der Waals surface area contributed by atoms with Crippen LogP contribution in [0.15, 0.2) is 28.0 Å². The molecular formula is C11H16N6O2. The number of rotatable bonds is 4. The van der Waals surface area contributed by atoms with Gasteiger partial charge in [0.2, 0.25) is 5.82 Å². The highest BCUT2D eigenvalue weighted by Gasteiger charge is 2.11. The van der Waals surface area contributed by atoms with Gasteiger partial charge in [-0.2, -0.15) is 5.10 Å². The first kappa shape index (κ1) is 13.1. The largest absolute Gasteiger partial charge is 0.360 e. The van der Waals surface area contributed by atoms with E-state index in [9.17, 15) is 9.59 Å². The minimum atomic E-state index is -0.449. The van der Waals surface area contributed by atoms with E-state index in [0.717, 1.165) is 9.25 Å². The molecule has 0 aromatic carbocycles. The van der Waals surface area contributed by atoms with Crippen molar-refractivity contribution in [1.82, 2.24) is 24.1 Å². The molecule has 2 rings (SSSR count). The highest BCUT2D eigenvalue weighted by Crippen LogP contribution is 1.98. The van der Waals surface area contributed by atoms with Crippen LogP contribution >= 0.6 is 0 Å². The third-order valence-corrected chi connectivity index (χ3v) is 2.72. The minimum absolute atomic E-state index is 0.0439. The monoisotopic (exact) mass is 264 g/mol. The Morgan fingerprint density at radius 1 is 1.37 bits per heavy atom. The number of hydrogen-bond acceptors (Lipinski definition) is 5. The maximum atomic E-state index is 11.9. The molecule has 2 heterocycles. The Bertz CT molecular complexity index is 669. The first-order chi connectivity index (χ1) is 8.99. The average molecular weight is 264 g/mol. The fraction of sp³-hybridized carbons (Fsp3) is 0.455. The third-order valence-electron chi connectivity index (χ3n) is 2.72. The van der Waals surface area contributed by atoms with Crippen LogP contribution in [0.25, 0.3) is 0 Å². The second-order valence-electron chi connectivity index (χ2n) is 4.39. The first-order valence-corrected chi connectivity index (χ1v) is 5.87. The summed E-state index contributed by atoms with van der Waals surface area (Å²) in [5.41, 5.74) is -0.884. The summed E-state index contributed by atoms with van der Waals surface area (Å²) in [4.78, 5) is 23.4. The molecule has 0 fully saturated rings. The van der Waals surface area contributed by atoms with Crippen molar-refractivity contribution in [2.75, 3.05) is 5.32 Å². The molecule has 0 aliphatic heterocycles. The molecule has 0 amide bonds. The van der Waals surface area contributed by atoms with Crippen molar-refractivity contribution in [2.24, 2.45) is 14.1 Å². The molecular weight excluding hydrogens is 248 g/mol. The molecule has 19 heavy (non-hydrogen) atoms. The second kappa shape index (κ2) is 5.09. The molecule has 0 spiro atoms. The topological polar surface area (TPSA) is 86.7 Å². The lowest BCUT2D eigenvalue weighted by Gasteiger charge is -2.14. The summed E-state index contributed by atoms with van der Waals surface area (Å²) in [6.07, 6.45) is 3.53. The van der Waals surface area contributed by atoms with E-state index in [1.165, 1.54) is 14.1 Å². The normalized spacial score (nSPS) is 12.4. The Kier molecular flexibility index (Phi) is 3.50. The zero-order valence-corrected chi connectivity index (χ0v) is 11.1. The highest BCUT2D eigenvalue weighted by molar-refractivity contribution is 5.30. The molecule has 0 saturated heterocycles. The maximum absolute atomic E-state index is 11.9. The Morgan fingerprint density at radius 2 is 2.11 bits per heavy atom. The van der Waals surface area contributed by atoms with Crippen LogP contribution in [0.4, 0.5) is 5.82 Å². The van der Waals surface area contributed by atoms with Crippen molar-refractivity contribution in [2.45, 2.75) is 19.5 Å². The molecule has 0 saturated carbocycles. The van der Waals surface area contributed by atoms with Gasteiger partial charge in [0.15, 0.2) is 0 Å². The van der Waals surface area contributed by atoms with Gasteiger partial charge in [-0.3, -0.25) is 14.0 Å². The summed E-state index contributed by atoms with van der Waals surface area (Å²) in [6.45, 7) is 2.51. The SMILES string of the molecule is CC(Cn1cccn1)Nc1nn(C)c(=O)n(C)c1=O. The standard InChI is InChI=1S/C11H16N6O2/c1-8(7-17-6-4-5-12-17)13-9-10(18)15(2)11(19)16(3)14-9/h4-6,8H,7H2,1-3H3,(H,13,14). The number of anilines is 1. The van der Waals surface area contributed by atoms with E-state index >= 15 is 0 Å². The average Bonchev–Trinajstić information content (AvgIpc) is 2.86. The van der Waals surface area contributed by atoms with Crippen LogP contribution in [0.3, 0.4) is 0 Å². The molecule has 8 nitrogen and oxygen atoms in total. The zero-order valence-electron chi connectivity index (χ0n) is 11.1. The van der Waals surface area contributed by atoms with Crippen molar-refractivity contribution in [3.8, 4) is 0 Å². The Morgan fingerprint density at radius 3 is 2.74 bits per heavy atom. The van der Waals surface area contributed by atoms with Crippen LogP contribution in [0.2, 0.25) is 0 Å². The van der Waals surface area contributed by atoms with E-state index in [0.29, 0.717) is 6.54 Å². The predicted octanol–water partition coefficient (Wildman–Crippen LogP) is -0.824. The minimum Gasteiger partial charge on any atom is -0.360 e. The van der Waals surface area contributed by atoms with Gasteiger partial charge in [-0.15, -0.1) is 5.10 Å². The van der Waals surface area contributed by atoms with Crippen LogP contribution < -0.4 is 16.6 Å². The summed E-state index contributed by atoms with van der Waals surface area (Å²) >= 11 is 0. The van der Waals surface area contributed by atoms with Crippen LogP contribution in [-0.2, 0) is 20.6 Å². The van der Waals surface area contributed by atoms with Crippen LogP contribution in [0.1, 0.15) is 6.92 Å². The van der Waals surface area contributed by atoms with E-state index in [1.807, 2.05) is 19.2 Å². The number of hydrogen-bond donors (Lipinski definition) is 1. The molecule has 1 N–H and O–H groups in total. The summed E-state index contributed by atoms with van der Waals surface area (Å²) in [5.74, 6) is 0.157. The van der Waals surface area contributed by atoms with Gasteiger partial charge < -0.3 is 5.32 Å². The van der Waals surface area contributed by atoms with Gasteiger partial charge in [0.25, 0.3) is 5.56 Å². The summed E-state index contributed by atoms with van der Waals surface area (Å²) in [7, 11) is 2.93. The molecule has 0 radical (unpaired) electrons. The van der Waals surface area contributed by atoms with Gasteiger partial charge in [-0.1, -0.05) is 0 Å². The molecule has 1 atom stereocenters. The van der Waals surface area contributed by atoms with E-state index in [1.54, 1.807) is 10.9 Å². The summed E-state index contributed by atoms with van der Waals surface area (Å²) in [6, 6.07) is 1.79. The van der Waals surface area contributed by atoms with Crippen molar-refractivity contribution in [3.63, 3.8) is 0 Å². The maximum Gasteiger partial charge on any atom is 0.346 e. The van der Waals surface area contributed by atoms with Gasteiger partial charge >= 0.3 is 5.69 Å². The lowest BCUT2D eigenvalue weighted by atomic mass is 10.3. The number of nitrogens with one attached hydrogen (secondary N) is 1. The van der Waals surface area contributed by atoms with Crippen LogP contribution in [0.5, 0.6) is 0 Å². The summed E-state index contributed by atoms with van der Waals surface area (Å²) in [5, 5.41) is 11.0. The van der Waals surface area contributed by atoms with E-state index in [-0.39, 0.29) is 11.9 Å². The molecule has 0 aliphatic carbocycles. The fourth-order valence-electron chi connectivity index (χ4n) is 1.76. The van der Waals surface area contributed by atoms with E-state index in [2.05, 4.69) is 15.5 Å². The van der Waals surface area contributed by atoms with E-state index < -0.39 is 11.2 Å². The third kappa shape index (κ3) is 2.72. The summed E-state index contributed by atoms with van der Waals surface area (Å²) < 4.78 is 3.91. The Balaban J connectivity index is 2.20. The van der Waals surface area contributed by atoms with Crippen molar-refractivity contribution in [3.05, 3.63) is 39.3 Å². The van der Waals surface area contributed by atoms with Gasteiger partial charge in [-0.05, 0) is 13.0 Å². The molecule has 2 aromatic rings. The molecule has 0 bridgehead atoms. The Hall–Kier alpha value is -2.38. The van der Waals surface area contributed by atoms with Crippen LogP contribution in [-0.4, -0.2) is 30.2 Å². The first-order valence-electron chi connectivity index (χ1n) is 5.87. The lowest BCUT2D eigenvalue weighted by Crippen LogP contribution is -2.41. The predicted molar refractivity (Wildman–Crippen MR) is 70.0 cm³/mol. The molecule has 0 aliphatic rings. The van der Waals surface area contributed by atoms with Crippen molar-refractivity contribution < 1.29 is 0 Å².